The largest absolute Gasteiger partial charge is 0.504 e. The van der Waals surface area contributed by atoms with Crippen molar-refractivity contribution in [3.63, 3.8) is 0 Å². The molecule has 2 rings (SSSR count). The van der Waals surface area contributed by atoms with Crippen LogP contribution in [0.1, 0.15) is 18.9 Å². The van der Waals surface area contributed by atoms with E-state index < -0.39 is 0 Å². The third-order valence-corrected chi connectivity index (χ3v) is 2.52. The minimum atomic E-state index is 0.116. The Kier molecular flexibility index (Phi) is 3.67. The van der Waals surface area contributed by atoms with Gasteiger partial charge in [0.05, 0.1) is 0 Å². The van der Waals surface area contributed by atoms with Gasteiger partial charge in [0.15, 0.2) is 11.5 Å². The first-order valence-corrected chi connectivity index (χ1v) is 5.91. The number of anilines is 1. The van der Waals surface area contributed by atoms with Gasteiger partial charge in [0.25, 0.3) is 0 Å². The van der Waals surface area contributed by atoms with Crippen molar-refractivity contribution in [1.82, 2.24) is 4.98 Å². The molecule has 4 heteroatoms. The fourth-order valence-electron chi connectivity index (χ4n) is 1.69. The number of hydrogen-bond donors (Lipinski definition) is 2. The van der Waals surface area contributed by atoms with Crippen molar-refractivity contribution in [2.75, 3.05) is 5.73 Å². The fraction of sp³-hybridized carbons (Fsp3) is 0.214. The van der Waals surface area contributed by atoms with E-state index in [1.807, 2.05) is 6.07 Å². The number of aromatic hydroxyl groups is 1. The molecule has 0 radical (unpaired) electrons. The third-order valence-electron chi connectivity index (χ3n) is 2.52. The maximum absolute atomic E-state index is 9.86. The predicted octanol–water partition coefficient (Wildman–Crippen LogP) is 3.11. The number of aryl methyl sites for hydroxylation is 1. The molecule has 94 valence electrons. The van der Waals surface area contributed by atoms with Crippen LogP contribution in [-0.4, -0.2) is 10.1 Å². The molecule has 0 unspecified atom stereocenters. The van der Waals surface area contributed by atoms with Crippen molar-refractivity contribution >= 4 is 5.82 Å². The number of nitrogen functional groups attached to an aromatic ring is 1. The zero-order valence-corrected chi connectivity index (χ0v) is 10.3. The highest BCUT2D eigenvalue weighted by molar-refractivity contribution is 5.44. The van der Waals surface area contributed by atoms with Gasteiger partial charge in [-0.05, 0) is 30.2 Å². The molecule has 0 fully saturated rings. The molecule has 0 aliphatic heterocycles. The van der Waals surface area contributed by atoms with Gasteiger partial charge < -0.3 is 15.6 Å². The Hall–Kier alpha value is -2.23. The molecule has 0 aliphatic rings. The number of rotatable bonds is 4. The van der Waals surface area contributed by atoms with Crippen molar-refractivity contribution in [1.29, 1.82) is 0 Å². The molecule has 4 nitrogen and oxygen atoms in total. The van der Waals surface area contributed by atoms with Crippen LogP contribution >= 0.6 is 0 Å². The molecule has 1 aromatic carbocycles. The van der Waals surface area contributed by atoms with Gasteiger partial charge in [-0.1, -0.05) is 25.5 Å². The molecule has 0 bridgehead atoms. The number of phenols is 1. The highest BCUT2D eigenvalue weighted by atomic mass is 16.5. The monoisotopic (exact) mass is 244 g/mol. The first kappa shape index (κ1) is 12.2. The van der Waals surface area contributed by atoms with Crippen molar-refractivity contribution in [2.45, 2.75) is 19.8 Å². The molecule has 3 N–H and O–H groups in total. The number of nitrogens with two attached hydrogens (primary N) is 1. The van der Waals surface area contributed by atoms with Crippen LogP contribution in [0.3, 0.4) is 0 Å². The van der Waals surface area contributed by atoms with Gasteiger partial charge >= 0.3 is 0 Å². The van der Waals surface area contributed by atoms with Gasteiger partial charge in [-0.3, -0.25) is 0 Å². The summed E-state index contributed by atoms with van der Waals surface area (Å²) in [6, 6.07) is 10.5. The highest BCUT2D eigenvalue weighted by Crippen LogP contribution is 2.31. The molecule has 0 amide bonds. The lowest BCUT2D eigenvalue weighted by molar-refractivity contribution is 0.402. The number of aromatic nitrogens is 1. The van der Waals surface area contributed by atoms with Crippen LogP contribution in [0.5, 0.6) is 17.4 Å². The van der Waals surface area contributed by atoms with E-state index in [1.54, 1.807) is 30.3 Å². The molecular formula is C14H16N2O2. The Morgan fingerprint density at radius 3 is 2.78 bits per heavy atom. The fourth-order valence-corrected chi connectivity index (χ4v) is 1.69. The van der Waals surface area contributed by atoms with Crippen LogP contribution in [0.25, 0.3) is 0 Å². The van der Waals surface area contributed by atoms with Crippen molar-refractivity contribution in [3.05, 3.63) is 42.0 Å². The first-order valence-electron chi connectivity index (χ1n) is 5.91. The predicted molar refractivity (Wildman–Crippen MR) is 70.8 cm³/mol. The summed E-state index contributed by atoms with van der Waals surface area (Å²) in [4.78, 5) is 4.01. The van der Waals surface area contributed by atoms with Gasteiger partial charge in [0.2, 0.25) is 5.88 Å². The Balaban J connectivity index is 2.19. The van der Waals surface area contributed by atoms with Crippen LogP contribution in [0.4, 0.5) is 5.82 Å². The average molecular weight is 244 g/mol. The van der Waals surface area contributed by atoms with Crippen molar-refractivity contribution in [3.8, 4) is 17.4 Å². The molecule has 2 aromatic rings. The average Bonchev–Trinajstić information content (AvgIpc) is 2.33. The molecule has 0 atom stereocenters. The number of pyridine rings is 1. The van der Waals surface area contributed by atoms with Crippen molar-refractivity contribution < 1.29 is 9.84 Å². The van der Waals surface area contributed by atoms with E-state index in [4.69, 9.17) is 10.5 Å². The summed E-state index contributed by atoms with van der Waals surface area (Å²) in [6.45, 7) is 2.10. The maximum atomic E-state index is 9.86. The van der Waals surface area contributed by atoms with Crippen LogP contribution in [0.2, 0.25) is 0 Å². The lowest BCUT2D eigenvalue weighted by Crippen LogP contribution is -1.93. The van der Waals surface area contributed by atoms with Crippen molar-refractivity contribution in [2.24, 2.45) is 0 Å². The zero-order chi connectivity index (χ0) is 13.0. The number of phenolic OH excluding ortho intramolecular Hbond substituents is 1. The SMILES string of the molecule is CCCc1ccc(Oc2cccc(N)n2)c(O)c1. The molecule has 1 heterocycles. The normalized spacial score (nSPS) is 10.3. The van der Waals surface area contributed by atoms with E-state index >= 15 is 0 Å². The van der Waals surface area contributed by atoms with E-state index in [-0.39, 0.29) is 5.75 Å². The summed E-state index contributed by atoms with van der Waals surface area (Å²) in [5.41, 5.74) is 6.65. The third kappa shape index (κ3) is 2.91. The molecular weight excluding hydrogens is 228 g/mol. The minimum Gasteiger partial charge on any atom is -0.504 e. The molecule has 0 saturated heterocycles. The molecule has 18 heavy (non-hydrogen) atoms. The summed E-state index contributed by atoms with van der Waals surface area (Å²) in [5, 5.41) is 9.86. The van der Waals surface area contributed by atoms with E-state index in [0.717, 1.165) is 18.4 Å². The van der Waals surface area contributed by atoms with Gasteiger partial charge in [0.1, 0.15) is 5.82 Å². The number of benzene rings is 1. The summed E-state index contributed by atoms with van der Waals surface area (Å²) in [6.07, 6.45) is 1.97. The second kappa shape index (κ2) is 5.40. The van der Waals surface area contributed by atoms with Crippen LogP contribution in [0.15, 0.2) is 36.4 Å². The summed E-state index contributed by atoms with van der Waals surface area (Å²) in [7, 11) is 0. The zero-order valence-electron chi connectivity index (χ0n) is 10.3. The Morgan fingerprint density at radius 1 is 1.28 bits per heavy atom. The lowest BCUT2D eigenvalue weighted by Gasteiger charge is -2.08. The van der Waals surface area contributed by atoms with Crippen LogP contribution < -0.4 is 10.5 Å². The Bertz CT molecular complexity index is 541. The number of nitrogens with zero attached hydrogens (tertiary/aromatic N) is 1. The molecule has 0 aliphatic carbocycles. The van der Waals surface area contributed by atoms with Crippen LogP contribution in [-0.2, 0) is 6.42 Å². The maximum Gasteiger partial charge on any atom is 0.221 e. The standard InChI is InChI=1S/C14H16N2O2/c1-2-4-10-7-8-12(11(17)9-10)18-14-6-3-5-13(15)16-14/h3,5-9,17H,2,4H2,1H3,(H2,15,16). The number of hydrogen-bond acceptors (Lipinski definition) is 4. The smallest absolute Gasteiger partial charge is 0.221 e. The second-order valence-corrected chi connectivity index (χ2v) is 4.05. The van der Waals surface area contributed by atoms with Gasteiger partial charge in [-0.2, -0.15) is 4.98 Å². The van der Waals surface area contributed by atoms with Gasteiger partial charge in [-0.25, -0.2) is 0 Å². The molecule has 0 spiro atoms. The first-order chi connectivity index (χ1) is 8.69. The van der Waals surface area contributed by atoms with Gasteiger partial charge in [0, 0.05) is 6.07 Å². The quantitative estimate of drug-likeness (QED) is 0.867. The summed E-state index contributed by atoms with van der Waals surface area (Å²) >= 11 is 0. The lowest BCUT2D eigenvalue weighted by atomic mass is 10.1. The van der Waals surface area contributed by atoms with Gasteiger partial charge in [-0.15, -0.1) is 0 Å². The van der Waals surface area contributed by atoms with E-state index in [9.17, 15) is 5.11 Å². The molecule has 1 aromatic heterocycles. The summed E-state index contributed by atoms with van der Waals surface area (Å²) in [5.74, 6) is 1.25. The van der Waals surface area contributed by atoms with E-state index in [2.05, 4.69) is 11.9 Å². The topological polar surface area (TPSA) is 68.4 Å². The van der Waals surface area contributed by atoms with Crippen LogP contribution in [0, 0.1) is 0 Å². The number of ether oxygens (including phenoxy) is 1. The van der Waals surface area contributed by atoms with E-state index in [1.165, 1.54) is 0 Å². The molecule has 0 saturated carbocycles. The Morgan fingerprint density at radius 2 is 2.11 bits per heavy atom. The Labute approximate surface area is 106 Å². The minimum absolute atomic E-state index is 0.116. The van der Waals surface area contributed by atoms with E-state index in [0.29, 0.717) is 17.4 Å². The second-order valence-electron chi connectivity index (χ2n) is 4.05. The highest BCUT2D eigenvalue weighted by Gasteiger charge is 2.06. The summed E-state index contributed by atoms with van der Waals surface area (Å²) < 4.78 is 5.48.